The van der Waals surface area contributed by atoms with Gasteiger partial charge in [0.05, 0.1) is 4.47 Å². The second-order valence-electron chi connectivity index (χ2n) is 5.18. The minimum atomic E-state index is 0.679. The van der Waals surface area contributed by atoms with Crippen molar-refractivity contribution in [1.82, 2.24) is 10.3 Å². The van der Waals surface area contributed by atoms with Crippen molar-refractivity contribution in [3.05, 3.63) is 51.1 Å². The van der Waals surface area contributed by atoms with Crippen LogP contribution in [0.1, 0.15) is 29.3 Å². The topological polar surface area (TPSA) is 34.2 Å². The molecule has 1 aromatic heterocycles. The van der Waals surface area contributed by atoms with Gasteiger partial charge in [0.1, 0.15) is 5.75 Å². The molecule has 2 aromatic rings. The maximum atomic E-state index is 6.06. The lowest BCUT2D eigenvalue weighted by atomic mass is 10.1. The average Bonchev–Trinajstić information content (AvgIpc) is 2.41. The highest BCUT2D eigenvalue weighted by Gasteiger charge is 2.12. The maximum Gasteiger partial charge on any atom is 0.224 e. The molecule has 4 heteroatoms. The molecular weight excluding hydrogens is 328 g/mol. The average molecular weight is 349 g/mol. The summed E-state index contributed by atoms with van der Waals surface area (Å²) in [6, 6.07) is 8.13. The molecule has 0 saturated carbocycles. The smallest absolute Gasteiger partial charge is 0.224 e. The highest BCUT2D eigenvalue weighted by atomic mass is 79.9. The Morgan fingerprint density at radius 2 is 1.95 bits per heavy atom. The van der Waals surface area contributed by atoms with Gasteiger partial charge < -0.3 is 10.1 Å². The highest BCUT2D eigenvalue weighted by Crippen LogP contribution is 2.32. The molecule has 1 aromatic carbocycles. The van der Waals surface area contributed by atoms with Crippen molar-refractivity contribution in [2.75, 3.05) is 6.54 Å². The number of rotatable bonds is 5. The molecule has 1 heterocycles. The Hall–Kier alpha value is -1.39. The Bertz CT molecular complexity index is 641. The van der Waals surface area contributed by atoms with E-state index in [1.165, 1.54) is 11.1 Å². The highest BCUT2D eigenvalue weighted by molar-refractivity contribution is 9.10. The molecule has 2 rings (SSSR count). The molecule has 0 atom stereocenters. The lowest BCUT2D eigenvalue weighted by molar-refractivity contribution is 0.448. The third-order valence-corrected chi connectivity index (χ3v) is 3.90. The summed E-state index contributed by atoms with van der Waals surface area (Å²) in [6.07, 6.45) is 0. The summed E-state index contributed by atoms with van der Waals surface area (Å²) >= 11 is 3.55. The number of nitrogens with one attached hydrogen (secondary N) is 1. The fourth-order valence-electron chi connectivity index (χ4n) is 2.17. The summed E-state index contributed by atoms with van der Waals surface area (Å²) in [7, 11) is 0. The van der Waals surface area contributed by atoms with Gasteiger partial charge in [0, 0.05) is 17.8 Å². The number of nitrogens with zero attached hydrogens (tertiary/aromatic N) is 1. The Morgan fingerprint density at radius 1 is 1.19 bits per heavy atom. The minimum absolute atomic E-state index is 0.679. The third kappa shape index (κ3) is 4.05. The molecule has 1 N–H and O–H groups in total. The van der Waals surface area contributed by atoms with E-state index in [1.807, 2.05) is 25.1 Å². The van der Waals surface area contributed by atoms with Crippen molar-refractivity contribution < 1.29 is 4.74 Å². The fraction of sp³-hybridized carbons (Fsp3) is 0.353. The zero-order valence-corrected chi connectivity index (χ0v) is 14.5. The van der Waals surface area contributed by atoms with Gasteiger partial charge in [0.25, 0.3) is 0 Å². The van der Waals surface area contributed by atoms with E-state index in [-0.39, 0.29) is 0 Å². The van der Waals surface area contributed by atoms with Crippen LogP contribution >= 0.6 is 15.9 Å². The van der Waals surface area contributed by atoms with Gasteiger partial charge in [-0.15, -0.1) is 0 Å². The van der Waals surface area contributed by atoms with Crippen molar-refractivity contribution in [3.63, 3.8) is 0 Å². The lowest BCUT2D eigenvalue weighted by Gasteiger charge is -2.15. The number of aryl methyl sites for hydroxylation is 3. The van der Waals surface area contributed by atoms with Crippen LogP contribution < -0.4 is 10.1 Å². The summed E-state index contributed by atoms with van der Waals surface area (Å²) < 4.78 is 7.00. The van der Waals surface area contributed by atoms with E-state index in [0.717, 1.165) is 34.6 Å². The van der Waals surface area contributed by atoms with Crippen LogP contribution in [0.5, 0.6) is 11.6 Å². The van der Waals surface area contributed by atoms with Gasteiger partial charge in [-0.3, -0.25) is 0 Å². The van der Waals surface area contributed by atoms with Crippen molar-refractivity contribution in [2.24, 2.45) is 0 Å². The molecule has 3 nitrogen and oxygen atoms in total. The number of pyridine rings is 1. The van der Waals surface area contributed by atoms with Crippen LogP contribution in [0.3, 0.4) is 0 Å². The van der Waals surface area contributed by atoms with Crippen LogP contribution in [0.15, 0.2) is 28.7 Å². The first-order valence-corrected chi connectivity index (χ1v) is 7.92. The number of aromatic nitrogens is 1. The summed E-state index contributed by atoms with van der Waals surface area (Å²) in [5.74, 6) is 1.47. The first-order chi connectivity index (χ1) is 10.0. The van der Waals surface area contributed by atoms with Crippen LogP contribution in [0.4, 0.5) is 0 Å². The van der Waals surface area contributed by atoms with Crippen molar-refractivity contribution in [2.45, 2.75) is 34.2 Å². The number of benzene rings is 1. The molecular formula is C17H21BrN2O. The largest absolute Gasteiger partial charge is 0.437 e. The second-order valence-corrected chi connectivity index (χ2v) is 6.03. The van der Waals surface area contributed by atoms with Crippen LogP contribution in [0.25, 0.3) is 0 Å². The Labute approximate surface area is 134 Å². The van der Waals surface area contributed by atoms with Gasteiger partial charge in [-0.1, -0.05) is 13.0 Å². The molecule has 0 spiro atoms. The molecule has 0 saturated heterocycles. The molecule has 0 unspecified atom stereocenters. The Kier molecular flexibility index (Phi) is 5.37. The van der Waals surface area contributed by atoms with Gasteiger partial charge in [-0.25, -0.2) is 4.98 Å². The zero-order valence-electron chi connectivity index (χ0n) is 13.0. The number of ether oxygens (including phenoxy) is 1. The number of hydrogen-bond acceptors (Lipinski definition) is 3. The predicted molar refractivity (Wildman–Crippen MR) is 90.0 cm³/mol. The molecule has 0 aliphatic heterocycles. The van der Waals surface area contributed by atoms with E-state index in [9.17, 15) is 0 Å². The summed E-state index contributed by atoms with van der Waals surface area (Å²) in [5.41, 5.74) is 4.46. The number of hydrogen-bond donors (Lipinski definition) is 1. The first kappa shape index (κ1) is 16.0. The number of halogens is 1. The normalized spacial score (nSPS) is 10.7. The fourth-order valence-corrected chi connectivity index (χ4v) is 2.75. The van der Waals surface area contributed by atoms with Crippen LogP contribution in [0.2, 0.25) is 0 Å². The molecule has 112 valence electrons. The molecule has 0 fully saturated rings. The van der Waals surface area contributed by atoms with E-state index in [0.29, 0.717) is 5.88 Å². The molecule has 0 bridgehead atoms. The van der Waals surface area contributed by atoms with Gasteiger partial charge >= 0.3 is 0 Å². The van der Waals surface area contributed by atoms with Crippen molar-refractivity contribution in [1.29, 1.82) is 0 Å². The van der Waals surface area contributed by atoms with Crippen LogP contribution in [0, 0.1) is 20.8 Å². The molecule has 0 aliphatic rings. The van der Waals surface area contributed by atoms with E-state index in [1.54, 1.807) is 0 Å². The standard InChI is InChI=1S/C17H21BrN2O/c1-5-19-10-14-12(3)9-13(4)20-17(14)21-16-7-6-11(2)8-15(16)18/h6-9,19H,5,10H2,1-4H3. The lowest BCUT2D eigenvalue weighted by Crippen LogP contribution is -2.14. The molecule has 0 amide bonds. The van der Waals surface area contributed by atoms with Crippen molar-refractivity contribution >= 4 is 15.9 Å². The monoisotopic (exact) mass is 348 g/mol. The maximum absolute atomic E-state index is 6.06. The van der Waals surface area contributed by atoms with Crippen LogP contribution in [-0.4, -0.2) is 11.5 Å². The van der Waals surface area contributed by atoms with Crippen LogP contribution in [-0.2, 0) is 6.54 Å². The minimum Gasteiger partial charge on any atom is -0.437 e. The molecule has 0 radical (unpaired) electrons. The molecule has 0 aliphatic carbocycles. The van der Waals surface area contributed by atoms with Gasteiger partial charge in [-0.2, -0.15) is 0 Å². The molecule has 21 heavy (non-hydrogen) atoms. The van der Waals surface area contributed by atoms with E-state index >= 15 is 0 Å². The predicted octanol–water partition coefficient (Wildman–Crippen LogP) is 4.67. The summed E-state index contributed by atoms with van der Waals surface area (Å²) in [4.78, 5) is 4.56. The van der Waals surface area contributed by atoms with E-state index in [2.05, 4.69) is 53.1 Å². The first-order valence-electron chi connectivity index (χ1n) is 7.13. The Morgan fingerprint density at radius 3 is 2.62 bits per heavy atom. The third-order valence-electron chi connectivity index (χ3n) is 3.28. The van der Waals surface area contributed by atoms with E-state index < -0.39 is 0 Å². The second kappa shape index (κ2) is 7.05. The van der Waals surface area contributed by atoms with Crippen molar-refractivity contribution in [3.8, 4) is 11.6 Å². The quantitative estimate of drug-likeness (QED) is 0.852. The Balaban J connectivity index is 2.37. The van der Waals surface area contributed by atoms with Gasteiger partial charge in [0.15, 0.2) is 0 Å². The van der Waals surface area contributed by atoms with E-state index in [4.69, 9.17) is 4.74 Å². The van der Waals surface area contributed by atoms with Gasteiger partial charge in [-0.05, 0) is 72.6 Å². The summed E-state index contributed by atoms with van der Waals surface area (Å²) in [5, 5.41) is 3.34. The SMILES string of the molecule is CCNCc1c(C)cc(C)nc1Oc1ccc(C)cc1Br. The summed E-state index contributed by atoms with van der Waals surface area (Å²) in [6.45, 7) is 9.91. The zero-order chi connectivity index (χ0) is 15.4. The van der Waals surface area contributed by atoms with Gasteiger partial charge in [0.2, 0.25) is 5.88 Å².